The zero-order valence-corrected chi connectivity index (χ0v) is 11.1. The van der Waals surface area contributed by atoms with Crippen LogP contribution >= 0.6 is 15.9 Å². The molecule has 0 unspecified atom stereocenters. The maximum atomic E-state index is 5.31. The molecule has 1 rings (SSSR count). The van der Waals surface area contributed by atoms with Crippen LogP contribution in [0.25, 0.3) is 0 Å². The van der Waals surface area contributed by atoms with Crippen LogP contribution in [0.1, 0.15) is 19.7 Å². The lowest BCUT2D eigenvalue weighted by molar-refractivity contribution is 0.0343. The number of ether oxygens (including phenoxy) is 1. The minimum Gasteiger partial charge on any atom is -0.377 e. The van der Waals surface area contributed by atoms with Crippen molar-refractivity contribution < 1.29 is 4.74 Å². The molecule has 1 N–H and O–H groups in total. The number of anilines is 1. The normalized spacial score (nSPS) is 11.5. The molecule has 0 amide bonds. The van der Waals surface area contributed by atoms with Gasteiger partial charge >= 0.3 is 0 Å². The van der Waals surface area contributed by atoms with E-state index in [2.05, 4.69) is 31.2 Å². The first-order valence-corrected chi connectivity index (χ1v) is 5.52. The van der Waals surface area contributed by atoms with Crippen molar-refractivity contribution in [2.24, 2.45) is 0 Å². The number of nitrogens with zero attached hydrogens (tertiary/aromatic N) is 2. The lowest BCUT2D eigenvalue weighted by atomic mass is 10.1. The number of aryl methyl sites for hydroxylation is 1. The molecular formula is C10H16BrN3O. The summed E-state index contributed by atoms with van der Waals surface area (Å²) in [6.07, 6.45) is 1.74. The highest BCUT2D eigenvalue weighted by molar-refractivity contribution is 9.10. The van der Waals surface area contributed by atoms with Gasteiger partial charge in [0, 0.05) is 19.9 Å². The topological polar surface area (TPSA) is 47.0 Å². The number of methoxy groups -OCH3 is 1. The molecule has 0 aliphatic carbocycles. The van der Waals surface area contributed by atoms with Crippen molar-refractivity contribution in [1.82, 2.24) is 9.97 Å². The van der Waals surface area contributed by atoms with Gasteiger partial charge in [-0.1, -0.05) is 0 Å². The first-order chi connectivity index (χ1) is 6.94. The fourth-order valence-electron chi connectivity index (χ4n) is 0.948. The van der Waals surface area contributed by atoms with Crippen LogP contribution in [-0.4, -0.2) is 29.2 Å². The summed E-state index contributed by atoms with van der Waals surface area (Å²) >= 11 is 3.39. The Morgan fingerprint density at radius 2 is 2.20 bits per heavy atom. The predicted octanol–water partition coefficient (Wildman–Crippen LogP) is 2.38. The molecule has 5 heteroatoms. The molecular weight excluding hydrogens is 258 g/mol. The lowest BCUT2D eigenvalue weighted by Gasteiger charge is -2.23. The van der Waals surface area contributed by atoms with Gasteiger partial charge in [0.1, 0.15) is 11.6 Å². The molecule has 0 aromatic carbocycles. The van der Waals surface area contributed by atoms with Crippen LogP contribution in [0.2, 0.25) is 0 Å². The Morgan fingerprint density at radius 3 is 2.80 bits per heavy atom. The third-order valence-corrected chi connectivity index (χ3v) is 2.68. The van der Waals surface area contributed by atoms with Crippen LogP contribution < -0.4 is 5.32 Å². The molecule has 0 fully saturated rings. The van der Waals surface area contributed by atoms with Gasteiger partial charge in [-0.25, -0.2) is 9.97 Å². The number of hydrogen-bond acceptors (Lipinski definition) is 4. The third kappa shape index (κ3) is 3.76. The van der Waals surface area contributed by atoms with Crippen LogP contribution in [-0.2, 0) is 4.74 Å². The summed E-state index contributed by atoms with van der Waals surface area (Å²) in [7, 11) is 1.70. The van der Waals surface area contributed by atoms with Gasteiger partial charge in [0.15, 0.2) is 0 Å². The van der Waals surface area contributed by atoms with Gasteiger partial charge in [0.05, 0.1) is 10.1 Å². The Morgan fingerprint density at radius 1 is 1.53 bits per heavy atom. The van der Waals surface area contributed by atoms with Gasteiger partial charge in [-0.15, -0.1) is 0 Å². The molecule has 0 aliphatic heterocycles. The van der Waals surface area contributed by atoms with E-state index >= 15 is 0 Å². The fraction of sp³-hybridized carbons (Fsp3) is 0.600. The maximum Gasteiger partial charge on any atom is 0.144 e. The Labute approximate surface area is 98.6 Å². The number of halogens is 1. The van der Waals surface area contributed by atoms with E-state index in [-0.39, 0.29) is 5.60 Å². The summed E-state index contributed by atoms with van der Waals surface area (Å²) < 4.78 is 6.17. The highest BCUT2D eigenvalue weighted by Gasteiger charge is 2.16. The highest BCUT2D eigenvalue weighted by atomic mass is 79.9. The van der Waals surface area contributed by atoms with Crippen molar-refractivity contribution >= 4 is 21.7 Å². The van der Waals surface area contributed by atoms with Gasteiger partial charge in [0.25, 0.3) is 0 Å². The fourth-order valence-corrected chi connectivity index (χ4v) is 1.28. The van der Waals surface area contributed by atoms with Crippen molar-refractivity contribution in [1.29, 1.82) is 0 Å². The van der Waals surface area contributed by atoms with Crippen LogP contribution in [0.3, 0.4) is 0 Å². The third-order valence-electron chi connectivity index (χ3n) is 2.10. The summed E-state index contributed by atoms with van der Waals surface area (Å²) in [5, 5.41) is 3.22. The summed E-state index contributed by atoms with van der Waals surface area (Å²) in [6.45, 7) is 6.58. The molecule has 0 aliphatic rings. The number of aromatic nitrogens is 2. The van der Waals surface area contributed by atoms with Crippen LogP contribution in [0, 0.1) is 6.92 Å². The zero-order valence-electron chi connectivity index (χ0n) is 9.47. The van der Waals surface area contributed by atoms with E-state index < -0.39 is 0 Å². The van der Waals surface area contributed by atoms with E-state index in [0.29, 0.717) is 6.54 Å². The van der Waals surface area contributed by atoms with Crippen LogP contribution in [0.15, 0.2) is 10.7 Å². The van der Waals surface area contributed by atoms with E-state index in [1.54, 1.807) is 13.3 Å². The Kier molecular flexibility index (Phi) is 4.04. The summed E-state index contributed by atoms with van der Waals surface area (Å²) in [6, 6.07) is 0. The molecule has 0 saturated heterocycles. The van der Waals surface area contributed by atoms with Gasteiger partial charge in [0.2, 0.25) is 0 Å². The Hall–Kier alpha value is -0.680. The minimum atomic E-state index is -0.210. The second-order valence-electron chi connectivity index (χ2n) is 3.93. The monoisotopic (exact) mass is 273 g/mol. The van der Waals surface area contributed by atoms with Crippen LogP contribution in [0.4, 0.5) is 5.82 Å². The summed E-state index contributed by atoms with van der Waals surface area (Å²) in [4.78, 5) is 8.36. The molecule has 1 aromatic rings. The lowest BCUT2D eigenvalue weighted by Crippen LogP contribution is -2.32. The minimum absolute atomic E-state index is 0.210. The van der Waals surface area contributed by atoms with E-state index in [1.807, 2.05) is 20.8 Å². The average molecular weight is 274 g/mol. The first kappa shape index (κ1) is 12.4. The van der Waals surface area contributed by atoms with Gasteiger partial charge in [-0.3, -0.25) is 0 Å². The first-order valence-electron chi connectivity index (χ1n) is 4.73. The molecule has 1 heterocycles. The standard InChI is InChI=1S/C10H16BrN3O/c1-7-12-5-8(11)9(14-7)13-6-10(2,3)15-4/h5H,6H2,1-4H3,(H,12,13,14). The maximum absolute atomic E-state index is 5.31. The van der Waals surface area contributed by atoms with Crippen molar-refractivity contribution in [3.63, 3.8) is 0 Å². The molecule has 15 heavy (non-hydrogen) atoms. The van der Waals surface area contributed by atoms with Crippen molar-refractivity contribution in [3.8, 4) is 0 Å². The highest BCUT2D eigenvalue weighted by Crippen LogP contribution is 2.19. The molecule has 0 atom stereocenters. The summed E-state index contributed by atoms with van der Waals surface area (Å²) in [5.74, 6) is 1.54. The van der Waals surface area contributed by atoms with Crippen molar-refractivity contribution in [2.75, 3.05) is 19.0 Å². The second kappa shape index (κ2) is 4.90. The number of nitrogens with one attached hydrogen (secondary N) is 1. The van der Waals surface area contributed by atoms with Gasteiger partial charge in [-0.05, 0) is 36.7 Å². The largest absolute Gasteiger partial charge is 0.377 e. The second-order valence-corrected chi connectivity index (χ2v) is 4.79. The molecule has 1 aromatic heterocycles. The molecule has 0 bridgehead atoms. The van der Waals surface area contributed by atoms with E-state index in [4.69, 9.17) is 4.74 Å². The quantitative estimate of drug-likeness (QED) is 0.915. The molecule has 84 valence electrons. The molecule has 0 saturated carbocycles. The molecule has 0 spiro atoms. The van der Waals surface area contributed by atoms with Crippen molar-refractivity contribution in [2.45, 2.75) is 26.4 Å². The SMILES string of the molecule is COC(C)(C)CNc1nc(C)ncc1Br. The van der Waals surface area contributed by atoms with E-state index in [0.717, 1.165) is 16.1 Å². The van der Waals surface area contributed by atoms with Gasteiger partial charge in [-0.2, -0.15) is 0 Å². The zero-order chi connectivity index (χ0) is 11.5. The van der Waals surface area contributed by atoms with E-state index in [1.165, 1.54) is 0 Å². The number of rotatable bonds is 4. The van der Waals surface area contributed by atoms with E-state index in [9.17, 15) is 0 Å². The molecule has 4 nitrogen and oxygen atoms in total. The number of hydrogen-bond donors (Lipinski definition) is 1. The molecule has 0 radical (unpaired) electrons. The summed E-state index contributed by atoms with van der Waals surface area (Å²) in [5.41, 5.74) is -0.210. The average Bonchev–Trinajstić information content (AvgIpc) is 2.20. The smallest absolute Gasteiger partial charge is 0.144 e. The predicted molar refractivity (Wildman–Crippen MR) is 64.0 cm³/mol. The van der Waals surface area contributed by atoms with Crippen LogP contribution in [0.5, 0.6) is 0 Å². The Bertz CT molecular complexity index is 341. The van der Waals surface area contributed by atoms with Gasteiger partial charge < -0.3 is 10.1 Å². The van der Waals surface area contributed by atoms with Crippen molar-refractivity contribution in [3.05, 3.63) is 16.5 Å². The Balaban J connectivity index is 2.69.